The van der Waals surface area contributed by atoms with Crippen LogP contribution in [0.2, 0.25) is 0 Å². The number of fused-ring (bicyclic) bond motifs is 2. The normalized spacial score (nSPS) is 13.5. The predicted molar refractivity (Wildman–Crippen MR) is 76.4 cm³/mol. The molecule has 0 saturated heterocycles. The van der Waals surface area contributed by atoms with E-state index in [1.165, 1.54) is 11.3 Å². The Morgan fingerprint density at radius 2 is 2.16 bits per heavy atom. The van der Waals surface area contributed by atoms with Crippen molar-refractivity contribution in [1.82, 2.24) is 4.98 Å². The molecule has 0 amide bonds. The molecule has 94 valence electrons. The van der Waals surface area contributed by atoms with E-state index in [2.05, 4.69) is 28.5 Å². The lowest BCUT2D eigenvalue weighted by molar-refractivity contribution is 0.617. The highest BCUT2D eigenvalue weighted by atomic mass is 16.3. The summed E-state index contributed by atoms with van der Waals surface area (Å²) in [4.78, 5) is 4.58. The first-order valence-electron chi connectivity index (χ1n) is 6.54. The smallest absolute Gasteiger partial charge is 0.227 e. The zero-order chi connectivity index (χ0) is 12.8. The van der Waals surface area contributed by atoms with Crippen LogP contribution in [0.3, 0.4) is 0 Å². The quantitative estimate of drug-likeness (QED) is 0.714. The van der Waals surface area contributed by atoms with Gasteiger partial charge in [0.2, 0.25) is 5.89 Å². The number of anilines is 1. The zero-order valence-corrected chi connectivity index (χ0v) is 10.7. The predicted octanol–water partition coefficient (Wildman–Crippen LogP) is 3.77. The van der Waals surface area contributed by atoms with E-state index < -0.39 is 0 Å². The fourth-order valence-electron chi connectivity index (χ4n) is 2.65. The molecule has 4 rings (SSSR count). The fourth-order valence-corrected chi connectivity index (χ4v) is 2.65. The van der Waals surface area contributed by atoms with Crippen LogP contribution in [0, 0.1) is 6.92 Å². The molecule has 3 nitrogen and oxygen atoms in total. The number of nitrogens with zero attached hydrogens (tertiary/aromatic N) is 1. The molecule has 0 fully saturated rings. The van der Waals surface area contributed by atoms with Gasteiger partial charge < -0.3 is 9.73 Å². The maximum Gasteiger partial charge on any atom is 0.227 e. The molecule has 1 aromatic heterocycles. The minimum atomic E-state index is 0.707. The van der Waals surface area contributed by atoms with Crippen LogP contribution in [0.1, 0.15) is 11.1 Å². The number of hydrogen-bond donors (Lipinski definition) is 1. The van der Waals surface area contributed by atoms with Crippen molar-refractivity contribution in [2.45, 2.75) is 13.3 Å². The first-order chi connectivity index (χ1) is 9.31. The van der Waals surface area contributed by atoms with Gasteiger partial charge in [0, 0.05) is 17.8 Å². The number of aromatic nitrogens is 1. The Hall–Kier alpha value is -2.29. The summed E-state index contributed by atoms with van der Waals surface area (Å²) in [6.45, 7) is 3.06. The Morgan fingerprint density at radius 1 is 1.21 bits per heavy atom. The van der Waals surface area contributed by atoms with Crippen molar-refractivity contribution in [3.05, 3.63) is 47.5 Å². The van der Waals surface area contributed by atoms with Gasteiger partial charge in [0.1, 0.15) is 5.52 Å². The van der Waals surface area contributed by atoms with Crippen molar-refractivity contribution in [3.8, 4) is 11.5 Å². The molecule has 0 saturated carbocycles. The summed E-state index contributed by atoms with van der Waals surface area (Å²) >= 11 is 0. The standard InChI is InChI=1S/C16H14N2O/c1-10-3-2-4-14-15(10)19-16(18-14)12-5-6-13-11(9-12)7-8-17-13/h2-6,9,17H,7-8H2,1H3. The number of benzene rings is 2. The summed E-state index contributed by atoms with van der Waals surface area (Å²) in [5.41, 5.74) is 6.56. The van der Waals surface area contributed by atoms with Crippen LogP contribution in [0.5, 0.6) is 0 Å². The van der Waals surface area contributed by atoms with Gasteiger partial charge in [-0.25, -0.2) is 4.98 Å². The first kappa shape index (κ1) is 10.6. The molecule has 1 N–H and O–H groups in total. The molecule has 3 heteroatoms. The molecule has 1 aliphatic rings. The lowest BCUT2D eigenvalue weighted by Crippen LogP contribution is -1.90. The molecule has 0 bridgehead atoms. The number of oxazole rings is 1. The maximum atomic E-state index is 5.91. The van der Waals surface area contributed by atoms with Gasteiger partial charge in [0.15, 0.2) is 5.58 Å². The van der Waals surface area contributed by atoms with Crippen LogP contribution >= 0.6 is 0 Å². The summed E-state index contributed by atoms with van der Waals surface area (Å²) in [5, 5.41) is 3.36. The number of rotatable bonds is 1. The van der Waals surface area contributed by atoms with E-state index in [-0.39, 0.29) is 0 Å². The highest BCUT2D eigenvalue weighted by Crippen LogP contribution is 2.30. The third-order valence-corrected chi connectivity index (χ3v) is 3.67. The fraction of sp³-hybridized carbons (Fsp3) is 0.188. The summed E-state index contributed by atoms with van der Waals surface area (Å²) in [6, 6.07) is 12.4. The van der Waals surface area contributed by atoms with Crippen molar-refractivity contribution >= 4 is 16.8 Å². The van der Waals surface area contributed by atoms with Crippen molar-refractivity contribution in [1.29, 1.82) is 0 Å². The molecular weight excluding hydrogens is 236 g/mol. The average molecular weight is 250 g/mol. The Balaban J connectivity index is 1.88. The van der Waals surface area contributed by atoms with Gasteiger partial charge >= 0.3 is 0 Å². The molecule has 0 radical (unpaired) electrons. The number of nitrogens with one attached hydrogen (secondary N) is 1. The molecule has 0 atom stereocenters. The lowest BCUT2D eigenvalue weighted by Gasteiger charge is -2.01. The van der Waals surface area contributed by atoms with Gasteiger partial charge in [0.25, 0.3) is 0 Å². The third kappa shape index (κ3) is 1.62. The van der Waals surface area contributed by atoms with E-state index >= 15 is 0 Å². The summed E-state index contributed by atoms with van der Waals surface area (Å²) < 4.78 is 5.91. The van der Waals surface area contributed by atoms with Crippen molar-refractivity contribution in [2.75, 3.05) is 11.9 Å². The molecular formula is C16H14N2O. The second kappa shape index (κ2) is 3.85. The number of hydrogen-bond acceptors (Lipinski definition) is 3. The first-order valence-corrected chi connectivity index (χ1v) is 6.54. The molecule has 0 unspecified atom stereocenters. The SMILES string of the molecule is Cc1cccc2nc(-c3ccc4c(c3)CCN4)oc12. The molecule has 19 heavy (non-hydrogen) atoms. The molecule has 0 aliphatic carbocycles. The van der Waals surface area contributed by atoms with Crippen LogP contribution < -0.4 is 5.32 Å². The van der Waals surface area contributed by atoms with Crippen LogP contribution in [-0.4, -0.2) is 11.5 Å². The highest BCUT2D eigenvalue weighted by molar-refractivity contribution is 5.79. The topological polar surface area (TPSA) is 38.1 Å². The van der Waals surface area contributed by atoms with Crippen LogP contribution in [0.25, 0.3) is 22.6 Å². The van der Waals surface area contributed by atoms with E-state index in [1.54, 1.807) is 0 Å². The Labute approximate surface area is 111 Å². The van der Waals surface area contributed by atoms with Gasteiger partial charge in [-0.15, -0.1) is 0 Å². The minimum absolute atomic E-state index is 0.707. The van der Waals surface area contributed by atoms with Gasteiger partial charge in [-0.05, 0) is 48.7 Å². The third-order valence-electron chi connectivity index (χ3n) is 3.67. The highest BCUT2D eigenvalue weighted by Gasteiger charge is 2.14. The van der Waals surface area contributed by atoms with Gasteiger partial charge in [0.05, 0.1) is 0 Å². The van der Waals surface area contributed by atoms with Crippen molar-refractivity contribution in [2.24, 2.45) is 0 Å². The van der Waals surface area contributed by atoms with Gasteiger partial charge in [-0.2, -0.15) is 0 Å². The second-order valence-corrected chi connectivity index (χ2v) is 4.99. The van der Waals surface area contributed by atoms with E-state index in [4.69, 9.17) is 4.42 Å². The van der Waals surface area contributed by atoms with Crippen LogP contribution in [0.4, 0.5) is 5.69 Å². The number of aryl methyl sites for hydroxylation is 1. The molecule has 0 spiro atoms. The largest absolute Gasteiger partial charge is 0.436 e. The van der Waals surface area contributed by atoms with E-state index in [0.717, 1.165) is 35.2 Å². The van der Waals surface area contributed by atoms with Crippen LogP contribution in [-0.2, 0) is 6.42 Å². The molecule has 3 aromatic rings. The van der Waals surface area contributed by atoms with E-state index in [9.17, 15) is 0 Å². The van der Waals surface area contributed by atoms with Gasteiger partial charge in [-0.1, -0.05) is 12.1 Å². The molecule has 1 aliphatic heterocycles. The lowest BCUT2D eigenvalue weighted by atomic mass is 10.1. The summed E-state index contributed by atoms with van der Waals surface area (Å²) in [7, 11) is 0. The average Bonchev–Trinajstić information content (AvgIpc) is 3.04. The molecule has 2 aromatic carbocycles. The Bertz CT molecular complexity index is 774. The minimum Gasteiger partial charge on any atom is -0.436 e. The number of para-hydroxylation sites is 1. The Kier molecular flexibility index (Phi) is 2.15. The molecule has 2 heterocycles. The van der Waals surface area contributed by atoms with E-state index in [1.807, 2.05) is 25.1 Å². The van der Waals surface area contributed by atoms with Gasteiger partial charge in [-0.3, -0.25) is 0 Å². The monoisotopic (exact) mass is 250 g/mol. The zero-order valence-electron chi connectivity index (χ0n) is 10.7. The summed E-state index contributed by atoms with van der Waals surface area (Å²) in [5.74, 6) is 0.707. The second-order valence-electron chi connectivity index (χ2n) is 4.99. The van der Waals surface area contributed by atoms with Crippen molar-refractivity contribution in [3.63, 3.8) is 0 Å². The van der Waals surface area contributed by atoms with E-state index in [0.29, 0.717) is 5.89 Å². The van der Waals surface area contributed by atoms with Crippen molar-refractivity contribution < 1.29 is 4.42 Å². The summed E-state index contributed by atoms with van der Waals surface area (Å²) in [6.07, 6.45) is 1.07. The maximum absolute atomic E-state index is 5.91. The Morgan fingerprint density at radius 3 is 3.05 bits per heavy atom. The van der Waals surface area contributed by atoms with Crippen LogP contribution in [0.15, 0.2) is 40.8 Å².